The largest absolute Gasteiger partial charge is 0.399 e. The summed E-state index contributed by atoms with van der Waals surface area (Å²) in [6.45, 7) is 1.77. The molecule has 0 fully saturated rings. The molecule has 0 atom stereocenters. The average Bonchev–Trinajstić information content (AvgIpc) is 2.78. The van der Waals surface area contributed by atoms with E-state index < -0.39 is 9.84 Å². The molecule has 3 nitrogen and oxygen atoms in total. The smallest absolute Gasteiger partial charge is 0.178 e. The van der Waals surface area contributed by atoms with Crippen LogP contribution in [0.5, 0.6) is 0 Å². The number of rotatable bonds is 4. The number of nitrogens with two attached hydrogens (primary N) is 1. The van der Waals surface area contributed by atoms with Crippen LogP contribution in [0.3, 0.4) is 0 Å². The van der Waals surface area contributed by atoms with Crippen molar-refractivity contribution < 1.29 is 8.42 Å². The zero-order valence-corrected chi connectivity index (χ0v) is 11.7. The van der Waals surface area contributed by atoms with Gasteiger partial charge < -0.3 is 5.73 Å². The van der Waals surface area contributed by atoms with Gasteiger partial charge in [-0.15, -0.1) is 11.3 Å². The lowest BCUT2D eigenvalue weighted by Crippen LogP contribution is -2.10. The molecule has 2 N–H and O–H groups in total. The van der Waals surface area contributed by atoms with Crippen LogP contribution in [0.15, 0.2) is 40.6 Å². The molecule has 5 heteroatoms. The van der Waals surface area contributed by atoms with Gasteiger partial charge in [0, 0.05) is 10.6 Å². The van der Waals surface area contributed by atoms with Crippen molar-refractivity contribution in [1.82, 2.24) is 0 Å². The number of hydrogen-bond acceptors (Lipinski definition) is 4. The van der Waals surface area contributed by atoms with Gasteiger partial charge in [-0.25, -0.2) is 8.42 Å². The number of hydrogen-bond donors (Lipinski definition) is 1. The highest BCUT2D eigenvalue weighted by molar-refractivity contribution is 7.91. The Morgan fingerprint density at radius 2 is 2.06 bits per heavy atom. The van der Waals surface area contributed by atoms with Crippen molar-refractivity contribution in [2.75, 3.05) is 11.5 Å². The van der Waals surface area contributed by atoms with Gasteiger partial charge in [0.1, 0.15) is 0 Å². The van der Waals surface area contributed by atoms with E-state index in [2.05, 4.69) is 0 Å². The van der Waals surface area contributed by atoms with Gasteiger partial charge in [-0.05, 0) is 48.6 Å². The maximum Gasteiger partial charge on any atom is 0.178 e. The Kier molecular flexibility index (Phi) is 3.73. The topological polar surface area (TPSA) is 60.2 Å². The van der Waals surface area contributed by atoms with Crippen molar-refractivity contribution in [3.05, 3.63) is 46.2 Å². The first-order valence-corrected chi connectivity index (χ1v) is 8.13. The minimum Gasteiger partial charge on any atom is -0.399 e. The summed E-state index contributed by atoms with van der Waals surface area (Å²) in [6.07, 6.45) is 0.559. The van der Waals surface area contributed by atoms with Crippen molar-refractivity contribution in [3.63, 3.8) is 0 Å². The van der Waals surface area contributed by atoms with Crippen LogP contribution in [0.25, 0.3) is 0 Å². The standard InChI is InChI=1S/C13H15NO2S2/c1-10-9-11(14)4-5-13(10)18(15,16)8-6-12-3-2-7-17-12/h2-5,7,9H,6,8,14H2,1H3. The fraction of sp³-hybridized carbons (Fsp3) is 0.231. The molecule has 96 valence electrons. The Morgan fingerprint density at radius 3 is 2.67 bits per heavy atom. The van der Waals surface area contributed by atoms with Crippen LogP contribution >= 0.6 is 11.3 Å². The van der Waals surface area contributed by atoms with Crippen LogP contribution in [-0.4, -0.2) is 14.2 Å². The van der Waals surface area contributed by atoms with E-state index in [9.17, 15) is 8.42 Å². The Hall–Kier alpha value is -1.33. The van der Waals surface area contributed by atoms with E-state index in [0.29, 0.717) is 22.6 Å². The molecule has 0 spiro atoms. The van der Waals surface area contributed by atoms with Crippen molar-refractivity contribution >= 4 is 26.9 Å². The highest BCUT2D eigenvalue weighted by atomic mass is 32.2. The number of aryl methyl sites for hydroxylation is 2. The second-order valence-electron chi connectivity index (χ2n) is 4.17. The number of sulfone groups is 1. The van der Waals surface area contributed by atoms with Gasteiger partial charge in [0.25, 0.3) is 0 Å². The van der Waals surface area contributed by atoms with Crippen LogP contribution < -0.4 is 5.73 Å². The van der Waals surface area contributed by atoms with E-state index in [1.807, 2.05) is 17.5 Å². The molecule has 0 saturated carbocycles. The molecule has 0 bridgehead atoms. The first kappa shape index (κ1) is 13.1. The maximum atomic E-state index is 12.2. The molecule has 0 amide bonds. The second-order valence-corrected chi connectivity index (χ2v) is 7.28. The summed E-state index contributed by atoms with van der Waals surface area (Å²) in [5, 5.41) is 1.95. The van der Waals surface area contributed by atoms with E-state index in [1.54, 1.807) is 36.5 Å². The highest BCUT2D eigenvalue weighted by Crippen LogP contribution is 2.20. The third-order valence-electron chi connectivity index (χ3n) is 2.73. The third-order valence-corrected chi connectivity index (χ3v) is 5.54. The average molecular weight is 281 g/mol. The lowest BCUT2D eigenvalue weighted by Gasteiger charge is -2.07. The van der Waals surface area contributed by atoms with Crippen LogP contribution in [0.2, 0.25) is 0 Å². The molecular weight excluding hydrogens is 266 g/mol. The first-order chi connectivity index (χ1) is 8.49. The molecule has 0 aliphatic carbocycles. The number of benzene rings is 1. The summed E-state index contributed by atoms with van der Waals surface area (Å²) in [5.74, 6) is 0.137. The summed E-state index contributed by atoms with van der Waals surface area (Å²) in [4.78, 5) is 1.47. The molecule has 1 heterocycles. The highest BCUT2D eigenvalue weighted by Gasteiger charge is 2.17. The molecule has 2 rings (SSSR count). The summed E-state index contributed by atoms with van der Waals surface area (Å²) in [5.41, 5.74) is 6.93. The van der Waals surface area contributed by atoms with Gasteiger partial charge in [-0.1, -0.05) is 6.07 Å². The van der Waals surface area contributed by atoms with Crippen molar-refractivity contribution in [1.29, 1.82) is 0 Å². The SMILES string of the molecule is Cc1cc(N)ccc1S(=O)(=O)CCc1cccs1. The van der Waals surface area contributed by atoms with Crippen molar-refractivity contribution in [2.45, 2.75) is 18.2 Å². The van der Waals surface area contributed by atoms with Gasteiger partial charge >= 0.3 is 0 Å². The fourth-order valence-electron chi connectivity index (χ4n) is 1.82. The van der Waals surface area contributed by atoms with Crippen molar-refractivity contribution in [2.24, 2.45) is 0 Å². The number of nitrogen functional groups attached to an aromatic ring is 1. The Morgan fingerprint density at radius 1 is 1.28 bits per heavy atom. The van der Waals surface area contributed by atoms with Crippen LogP contribution in [-0.2, 0) is 16.3 Å². The molecule has 1 aromatic heterocycles. The normalized spacial score (nSPS) is 11.6. The molecule has 0 radical (unpaired) electrons. The fourth-order valence-corrected chi connectivity index (χ4v) is 4.19. The molecule has 1 aromatic carbocycles. The van der Waals surface area contributed by atoms with E-state index >= 15 is 0 Å². The van der Waals surface area contributed by atoms with E-state index in [1.165, 1.54) is 0 Å². The Labute approximate surface area is 111 Å². The molecule has 0 saturated heterocycles. The van der Waals surface area contributed by atoms with Gasteiger partial charge in [0.05, 0.1) is 10.6 Å². The predicted octanol–water partition coefficient (Wildman–Crippen LogP) is 2.66. The zero-order chi connectivity index (χ0) is 13.2. The van der Waals surface area contributed by atoms with E-state index in [-0.39, 0.29) is 5.75 Å². The zero-order valence-electron chi connectivity index (χ0n) is 10.1. The molecule has 18 heavy (non-hydrogen) atoms. The molecule has 0 aliphatic rings. The Balaban J connectivity index is 2.20. The first-order valence-electron chi connectivity index (χ1n) is 5.60. The monoisotopic (exact) mass is 281 g/mol. The second kappa shape index (κ2) is 5.12. The predicted molar refractivity (Wildman–Crippen MR) is 75.7 cm³/mol. The summed E-state index contributed by atoms with van der Waals surface area (Å²) >= 11 is 1.58. The number of thiophene rings is 1. The van der Waals surface area contributed by atoms with Gasteiger partial charge in [0.15, 0.2) is 9.84 Å². The number of anilines is 1. The van der Waals surface area contributed by atoms with Crippen LogP contribution in [0.4, 0.5) is 5.69 Å². The lowest BCUT2D eigenvalue weighted by atomic mass is 10.2. The van der Waals surface area contributed by atoms with Gasteiger partial charge in [-0.3, -0.25) is 0 Å². The van der Waals surface area contributed by atoms with Crippen molar-refractivity contribution in [3.8, 4) is 0 Å². The quantitative estimate of drug-likeness (QED) is 0.876. The molecular formula is C13H15NO2S2. The van der Waals surface area contributed by atoms with Crippen LogP contribution in [0.1, 0.15) is 10.4 Å². The van der Waals surface area contributed by atoms with E-state index in [4.69, 9.17) is 5.73 Å². The van der Waals surface area contributed by atoms with Gasteiger partial charge in [-0.2, -0.15) is 0 Å². The van der Waals surface area contributed by atoms with Crippen LogP contribution in [0, 0.1) is 6.92 Å². The third kappa shape index (κ3) is 2.91. The molecule has 0 unspecified atom stereocenters. The maximum absolute atomic E-state index is 12.2. The Bertz CT molecular complexity index is 631. The summed E-state index contributed by atoms with van der Waals surface area (Å²) in [6, 6.07) is 8.80. The summed E-state index contributed by atoms with van der Waals surface area (Å²) < 4.78 is 24.4. The molecule has 2 aromatic rings. The molecule has 0 aliphatic heterocycles. The summed E-state index contributed by atoms with van der Waals surface area (Å²) in [7, 11) is -3.23. The minimum absolute atomic E-state index is 0.137. The lowest BCUT2D eigenvalue weighted by molar-refractivity contribution is 0.595. The van der Waals surface area contributed by atoms with Gasteiger partial charge in [0.2, 0.25) is 0 Å². The van der Waals surface area contributed by atoms with E-state index in [0.717, 1.165) is 4.88 Å². The minimum atomic E-state index is -3.23.